The van der Waals surface area contributed by atoms with Gasteiger partial charge >= 0.3 is 5.97 Å². The van der Waals surface area contributed by atoms with E-state index >= 15 is 0 Å². The van der Waals surface area contributed by atoms with Crippen molar-refractivity contribution in [2.75, 3.05) is 0 Å². The molecule has 1 aromatic rings. The van der Waals surface area contributed by atoms with Crippen molar-refractivity contribution in [2.24, 2.45) is 5.92 Å². The van der Waals surface area contributed by atoms with Gasteiger partial charge in [-0.15, -0.1) is 0 Å². The minimum Gasteiger partial charge on any atom is -0.481 e. The minimum atomic E-state index is -1.12. The van der Waals surface area contributed by atoms with Crippen LogP contribution in [0.15, 0.2) is 30.3 Å². The first-order valence-corrected chi connectivity index (χ1v) is 6.56. The summed E-state index contributed by atoms with van der Waals surface area (Å²) in [5.41, 5.74) is -0.424. The number of carboxylic acids is 1. The van der Waals surface area contributed by atoms with Gasteiger partial charge in [-0.25, -0.2) is 0 Å². The number of rotatable bonds is 3. The maximum atomic E-state index is 11.6. The molecule has 1 aliphatic rings. The number of hydrogen-bond acceptors (Lipinski definition) is 2. The van der Waals surface area contributed by atoms with Crippen molar-refractivity contribution in [3.8, 4) is 0 Å². The molecule has 0 radical (unpaired) electrons. The number of hydrogen-bond donors (Lipinski definition) is 2. The van der Waals surface area contributed by atoms with Crippen molar-refractivity contribution in [3.63, 3.8) is 0 Å². The zero-order valence-electron chi connectivity index (χ0n) is 10.7. The van der Waals surface area contributed by atoms with Gasteiger partial charge in [0, 0.05) is 0 Å². The Kier molecular flexibility index (Phi) is 3.71. The molecule has 0 amide bonds. The van der Waals surface area contributed by atoms with Gasteiger partial charge in [0.2, 0.25) is 0 Å². The molecule has 3 nitrogen and oxygen atoms in total. The van der Waals surface area contributed by atoms with Gasteiger partial charge in [-0.1, -0.05) is 50.1 Å². The summed E-state index contributed by atoms with van der Waals surface area (Å²) in [6.07, 6.45) is 3.44. The number of benzene rings is 1. The monoisotopic (exact) mass is 248 g/mol. The summed E-state index contributed by atoms with van der Waals surface area (Å²) >= 11 is 0. The van der Waals surface area contributed by atoms with Crippen LogP contribution in [0.3, 0.4) is 0 Å². The predicted molar refractivity (Wildman–Crippen MR) is 69.4 cm³/mol. The molecule has 18 heavy (non-hydrogen) atoms. The SMILES string of the molecule is C[C@H]1CCCC[C@@]1(O)[C@H](C(=O)O)c1ccccc1. The van der Waals surface area contributed by atoms with Gasteiger partial charge in [0.05, 0.1) is 5.60 Å². The van der Waals surface area contributed by atoms with Gasteiger partial charge in [0.1, 0.15) is 5.92 Å². The van der Waals surface area contributed by atoms with Crippen molar-refractivity contribution >= 4 is 5.97 Å². The first-order valence-electron chi connectivity index (χ1n) is 6.56. The lowest BCUT2D eigenvalue weighted by Gasteiger charge is -2.42. The molecule has 1 saturated carbocycles. The fraction of sp³-hybridized carbons (Fsp3) is 0.533. The van der Waals surface area contributed by atoms with Crippen molar-refractivity contribution < 1.29 is 15.0 Å². The number of aliphatic carboxylic acids is 1. The maximum Gasteiger partial charge on any atom is 0.313 e. The highest BCUT2D eigenvalue weighted by Crippen LogP contribution is 2.43. The van der Waals surface area contributed by atoms with E-state index in [1.807, 2.05) is 25.1 Å². The Morgan fingerprint density at radius 1 is 1.33 bits per heavy atom. The lowest BCUT2D eigenvalue weighted by atomic mass is 9.67. The zero-order valence-corrected chi connectivity index (χ0v) is 10.7. The van der Waals surface area contributed by atoms with E-state index < -0.39 is 17.5 Å². The third kappa shape index (κ3) is 2.27. The number of carbonyl (C=O) groups is 1. The summed E-state index contributed by atoms with van der Waals surface area (Å²) in [5, 5.41) is 20.3. The summed E-state index contributed by atoms with van der Waals surface area (Å²) in [7, 11) is 0. The quantitative estimate of drug-likeness (QED) is 0.864. The standard InChI is InChI=1S/C15H20O3/c1-11-7-5-6-10-15(11,18)13(14(16)17)12-8-3-2-4-9-12/h2-4,8-9,11,13,18H,5-7,10H2,1H3,(H,16,17)/t11-,13-,15-/m0/s1. The van der Waals surface area contributed by atoms with Gasteiger partial charge < -0.3 is 10.2 Å². The summed E-state index contributed by atoms with van der Waals surface area (Å²) < 4.78 is 0. The average molecular weight is 248 g/mol. The van der Waals surface area contributed by atoms with Crippen molar-refractivity contribution in [1.29, 1.82) is 0 Å². The van der Waals surface area contributed by atoms with Gasteiger partial charge in [-0.3, -0.25) is 4.79 Å². The fourth-order valence-electron chi connectivity index (χ4n) is 3.07. The molecule has 3 heteroatoms. The Balaban J connectivity index is 2.39. The van der Waals surface area contributed by atoms with Crippen molar-refractivity contribution in [3.05, 3.63) is 35.9 Å². The second kappa shape index (κ2) is 5.11. The summed E-state index contributed by atoms with van der Waals surface area (Å²) in [6, 6.07) is 9.08. The molecule has 3 atom stereocenters. The Bertz CT molecular complexity index is 415. The van der Waals surface area contributed by atoms with Crippen LogP contribution in [0.2, 0.25) is 0 Å². The Morgan fingerprint density at radius 3 is 2.56 bits per heavy atom. The minimum absolute atomic E-state index is 0.0209. The molecule has 2 rings (SSSR count). The molecular weight excluding hydrogens is 228 g/mol. The molecule has 98 valence electrons. The van der Waals surface area contributed by atoms with Gasteiger partial charge in [0.25, 0.3) is 0 Å². The highest BCUT2D eigenvalue weighted by atomic mass is 16.4. The van der Waals surface area contributed by atoms with Crippen LogP contribution < -0.4 is 0 Å². The van der Waals surface area contributed by atoms with Crippen LogP contribution in [0.5, 0.6) is 0 Å². The van der Waals surface area contributed by atoms with E-state index in [1.54, 1.807) is 12.1 Å². The van der Waals surface area contributed by atoms with Crippen molar-refractivity contribution in [1.82, 2.24) is 0 Å². The molecule has 1 fully saturated rings. The second-order valence-electron chi connectivity index (χ2n) is 5.32. The fourth-order valence-corrected chi connectivity index (χ4v) is 3.07. The number of carboxylic acid groups (broad SMARTS) is 1. The molecule has 1 aromatic carbocycles. The first-order chi connectivity index (χ1) is 8.55. The molecular formula is C15H20O3. The van der Waals surface area contributed by atoms with E-state index in [9.17, 15) is 15.0 Å². The third-order valence-electron chi connectivity index (χ3n) is 4.20. The molecule has 0 aliphatic heterocycles. The summed E-state index contributed by atoms with van der Waals surface area (Å²) in [4.78, 5) is 11.6. The highest BCUT2D eigenvalue weighted by Gasteiger charge is 2.47. The maximum absolute atomic E-state index is 11.6. The molecule has 0 unspecified atom stereocenters. The average Bonchev–Trinajstić information content (AvgIpc) is 2.34. The molecule has 0 saturated heterocycles. The normalized spacial score (nSPS) is 29.8. The number of aliphatic hydroxyl groups is 1. The van der Waals surface area contributed by atoms with Crippen molar-refractivity contribution in [2.45, 2.75) is 44.1 Å². The van der Waals surface area contributed by atoms with E-state index in [1.165, 1.54) is 0 Å². The van der Waals surface area contributed by atoms with Crippen LogP contribution in [0.25, 0.3) is 0 Å². The Labute approximate surface area is 107 Å². The largest absolute Gasteiger partial charge is 0.481 e. The highest BCUT2D eigenvalue weighted by molar-refractivity contribution is 5.78. The van der Waals surface area contributed by atoms with Gasteiger partial charge in [-0.2, -0.15) is 0 Å². The lowest BCUT2D eigenvalue weighted by molar-refractivity contribution is -0.151. The topological polar surface area (TPSA) is 57.5 Å². The van der Waals surface area contributed by atoms with Crippen LogP contribution in [-0.2, 0) is 4.79 Å². The van der Waals surface area contributed by atoms with E-state index in [0.29, 0.717) is 12.0 Å². The van der Waals surface area contributed by atoms with Crippen LogP contribution in [0.4, 0.5) is 0 Å². The van der Waals surface area contributed by atoms with Gasteiger partial charge in [-0.05, 0) is 24.3 Å². The van der Waals surface area contributed by atoms with E-state index in [-0.39, 0.29) is 5.92 Å². The summed E-state index contributed by atoms with van der Waals surface area (Å²) in [5.74, 6) is -1.74. The molecule has 0 bridgehead atoms. The van der Waals surface area contributed by atoms with Crippen LogP contribution in [0, 0.1) is 5.92 Å². The second-order valence-corrected chi connectivity index (χ2v) is 5.32. The Morgan fingerprint density at radius 2 is 2.00 bits per heavy atom. The van der Waals surface area contributed by atoms with E-state index in [4.69, 9.17) is 0 Å². The molecule has 0 spiro atoms. The van der Waals surface area contributed by atoms with Crippen LogP contribution in [-0.4, -0.2) is 21.8 Å². The lowest BCUT2D eigenvalue weighted by Crippen LogP contribution is -2.47. The molecule has 1 aliphatic carbocycles. The zero-order chi connectivity index (χ0) is 13.2. The smallest absolute Gasteiger partial charge is 0.313 e. The first kappa shape index (κ1) is 13.1. The third-order valence-corrected chi connectivity index (χ3v) is 4.20. The summed E-state index contributed by atoms with van der Waals surface area (Å²) in [6.45, 7) is 1.96. The Hall–Kier alpha value is -1.35. The van der Waals surface area contributed by atoms with E-state index in [2.05, 4.69) is 0 Å². The van der Waals surface area contributed by atoms with E-state index in [0.717, 1.165) is 19.3 Å². The van der Waals surface area contributed by atoms with Crippen LogP contribution >= 0.6 is 0 Å². The molecule has 0 heterocycles. The molecule has 0 aromatic heterocycles. The van der Waals surface area contributed by atoms with Crippen LogP contribution in [0.1, 0.15) is 44.1 Å². The van der Waals surface area contributed by atoms with Gasteiger partial charge in [0.15, 0.2) is 0 Å². The predicted octanol–water partition coefficient (Wildman–Crippen LogP) is 2.80. The molecule has 2 N–H and O–H groups in total.